The van der Waals surface area contributed by atoms with Gasteiger partial charge < -0.3 is 15.0 Å². The van der Waals surface area contributed by atoms with E-state index in [0.29, 0.717) is 16.4 Å². The lowest BCUT2D eigenvalue weighted by Gasteiger charge is -2.38. The van der Waals surface area contributed by atoms with Gasteiger partial charge >= 0.3 is 0 Å². The Hall–Kier alpha value is -3.04. The molecule has 2 heterocycles. The van der Waals surface area contributed by atoms with E-state index in [1.165, 1.54) is 17.4 Å². The Kier molecular flexibility index (Phi) is 6.66. The zero-order chi connectivity index (χ0) is 22.7. The van der Waals surface area contributed by atoms with Crippen LogP contribution < -0.4 is 15.0 Å². The number of carbonyl (C=O) groups is 1. The number of methoxy groups -OCH3 is 1. The first kappa shape index (κ1) is 22.2. The predicted molar refractivity (Wildman–Crippen MR) is 122 cm³/mol. The number of nitrogens with one attached hydrogen (secondary N) is 1. The first-order valence-electron chi connectivity index (χ1n) is 10.3. The molecule has 0 saturated carbocycles. The minimum absolute atomic E-state index is 0.144. The molecular formula is C23H24F2N4O2S. The summed E-state index contributed by atoms with van der Waals surface area (Å²) in [5, 5.41) is 4.98. The highest BCUT2D eigenvalue weighted by Crippen LogP contribution is 2.26. The van der Waals surface area contributed by atoms with Gasteiger partial charge in [0, 0.05) is 42.8 Å². The molecule has 0 aliphatic carbocycles. The molecule has 2 aromatic carbocycles. The van der Waals surface area contributed by atoms with Crippen molar-refractivity contribution in [1.82, 2.24) is 9.88 Å². The molecule has 6 nitrogen and oxygen atoms in total. The second-order valence-corrected chi connectivity index (χ2v) is 8.41. The molecule has 1 fully saturated rings. The van der Waals surface area contributed by atoms with E-state index in [9.17, 15) is 13.6 Å². The van der Waals surface area contributed by atoms with E-state index in [1.54, 1.807) is 12.5 Å². The van der Waals surface area contributed by atoms with Gasteiger partial charge in [-0.05, 0) is 49.4 Å². The van der Waals surface area contributed by atoms with E-state index in [0.717, 1.165) is 49.7 Å². The lowest BCUT2D eigenvalue weighted by Crippen LogP contribution is -2.52. The van der Waals surface area contributed by atoms with Crippen molar-refractivity contribution in [3.8, 4) is 17.0 Å². The number of hydrogen-bond donors (Lipinski definition) is 1. The summed E-state index contributed by atoms with van der Waals surface area (Å²) in [6, 6.07) is 11.3. The largest absolute Gasteiger partial charge is 0.497 e. The maximum atomic E-state index is 13.5. The van der Waals surface area contributed by atoms with Crippen LogP contribution in [-0.2, 0) is 4.79 Å². The topological polar surface area (TPSA) is 57.7 Å². The molecule has 1 aromatic heterocycles. The molecule has 168 valence electrons. The van der Waals surface area contributed by atoms with Crippen LogP contribution in [0.3, 0.4) is 0 Å². The third-order valence-electron chi connectivity index (χ3n) is 5.63. The van der Waals surface area contributed by atoms with Crippen LogP contribution in [0.1, 0.15) is 6.92 Å². The number of thiazole rings is 1. The first-order chi connectivity index (χ1) is 15.4. The molecule has 0 bridgehead atoms. The molecule has 1 aliphatic rings. The van der Waals surface area contributed by atoms with Crippen molar-refractivity contribution in [2.45, 2.75) is 13.0 Å². The van der Waals surface area contributed by atoms with E-state index in [-0.39, 0.29) is 11.9 Å². The van der Waals surface area contributed by atoms with Crippen molar-refractivity contribution in [3.63, 3.8) is 0 Å². The number of halogens is 2. The molecule has 1 N–H and O–H groups in total. The number of benzene rings is 2. The number of aromatic nitrogens is 1. The summed E-state index contributed by atoms with van der Waals surface area (Å²) < 4.78 is 31.8. The first-order valence-corrected chi connectivity index (χ1v) is 11.2. The Balaban J connectivity index is 1.32. The number of ether oxygens (including phenoxy) is 1. The van der Waals surface area contributed by atoms with E-state index in [4.69, 9.17) is 4.74 Å². The number of carbonyl (C=O) groups excluding carboxylic acids is 1. The van der Waals surface area contributed by atoms with Crippen LogP contribution in [0.25, 0.3) is 11.3 Å². The average molecular weight is 459 g/mol. The van der Waals surface area contributed by atoms with E-state index < -0.39 is 11.6 Å². The summed E-state index contributed by atoms with van der Waals surface area (Å²) in [6.07, 6.45) is 0. The number of anilines is 2. The molecule has 1 aliphatic heterocycles. The molecule has 1 amide bonds. The Morgan fingerprint density at radius 3 is 2.47 bits per heavy atom. The Morgan fingerprint density at radius 1 is 1.09 bits per heavy atom. The molecule has 9 heteroatoms. The summed E-state index contributed by atoms with van der Waals surface area (Å²) in [6.45, 7) is 5.04. The van der Waals surface area contributed by atoms with Gasteiger partial charge in [-0.3, -0.25) is 9.69 Å². The molecule has 4 rings (SSSR count). The van der Waals surface area contributed by atoms with Crippen LogP contribution in [0.5, 0.6) is 5.75 Å². The van der Waals surface area contributed by atoms with Gasteiger partial charge in [-0.1, -0.05) is 0 Å². The maximum Gasteiger partial charge on any atom is 0.243 e. The summed E-state index contributed by atoms with van der Waals surface area (Å²) >= 11 is 1.25. The maximum absolute atomic E-state index is 13.5. The van der Waals surface area contributed by atoms with Crippen LogP contribution >= 0.6 is 11.3 Å². The highest BCUT2D eigenvalue weighted by atomic mass is 32.1. The monoisotopic (exact) mass is 458 g/mol. The fourth-order valence-electron chi connectivity index (χ4n) is 3.66. The number of hydrogen-bond acceptors (Lipinski definition) is 6. The second-order valence-electron chi connectivity index (χ2n) is 7.55. The summed E-state index contributed by atoms with van der Waals surface area (Å²) in [7, 11) is 1.65. The van der Waals surface area contributed by atoms with E-state index >= 15 is 0 Å². The van der Waals surface area contributed by atoms with Gasteiger partial charge in [-0.15, -0.1) is 11.3 Å². The predicted octanol–water partition coefficient (Wildman–Crippen LogP) is 4.25. The molecule has 0 radical (unpaired) electrons. The molecule has 1 saturated heterocycles. The van der Waals surface area contributed by atoms with Crippen molar-refractivity contribution < 1.29 is 18.3 Å². The average Bonchev–Trinajstić information content (AvgIpc) is 3.29. The molecule has 32 heavy (non-hydrogen) atoms. The van der Waals surface area contributed by atoms with Crippen molar-refractivity contribution in [1.29, 1.82) is 0 Å². The van der Waals surface area contributed by atoms with Crippen LogP contribution in [0.4, 0.5) is 19.6 Å². The van der Waals surface area contributed by atoms with Gasteiger partial charge in [0.25, 0.3) is 0 Å². The number of amides is 1. The number of piperazine rings is 1. The van der Waals surface area contributed by atoms with Gasteiger partial charge in [0.15, 0.2) is 16.8 Å². The Bertz CT molecular complexity index is 1080. The zero-order valence-corrected chi connectivity index (χ0v) is 18.7. The molecule has 3 aromatic rings. The molecule has 1 unspecified atom stereocenters. The van der Waals surface area contributed by atoms with Gasteiger partial charge in [0.05, 0.1) is 18.8 Å². The molecule has 1 atom stereocenters. The summed E-state index contributed by atoms with van der Waals surface area (Å²) in [4.78, 5) is 21.5. The van der Waals surface area contributed by atoms with Gasteiger partial charge in [0.1, 0.15) is 5.75 Å². The zero-order valence-electron chi connectivity index (χ0n) is 17.8. The summed E-state index contributed by atoms with van der Waals surface area (Å²) in [5.74, 6) is -1.15. The Labute approximate surface area is 189 Å². The van der Waals surface area contributed by atoms with Gasteiger partial charge in [-0.25, -0.2) is 13.8 Å². The van der Waals surface area contributed by atoms with Crippen LogP contribution in [0, 0.1) is 11.6 Å². The lowest BCUT2D eigenvalue weighted by atomic mass is 10.2. The molecule has 0 spiro atoms. The SMILES string of the molecule is COc1ccc(N2CCN(C(C)C(=O)Nc3nc(-c4ccc(F)c(F)c4)cs3)CC2)cc1. The van der Waals surface area contributed by atoms with Crippen molar-refractivity contribution in [2.24, 2.45) is 0 Å². The fraction of sp³-hybridized carbons (Fsp3) is 0.304. The normalized spacial score (nSPS) is 15.4. The van der Waals surface area contributed by atoms with Crippen molar-refractivity contribution in [2.75, 3.05) is 43.5 Å². The third kappa shape index (κ3) is 4.89. The second kappa shape index (κ2) is 9.62. The van der Waals surface area contributed by atoms with Crippen LogP contribution in [-0.4, -0.2) is 55.1 Å². The van der Waals surface area contributed by atoms with E-state index in [2.05, 4.69) is 20.1 Å². The quantitative estimate of drug-likeness (QED) is 0.599. The third-order valence-corrected chi connectivity index (χ3v) is 6.39. The number of nitrogens with zero attached hydrogens (tertiary/aromatic N) is 3. The standard InChI is InChI=1S/C23H24F2N4O2S/c1-15(28-9-11-29(12-10-28)17-4-6-18(31-2)7-5-17)22(30)27-23-26-21(14-32-23)16-3-8-19(24)20(25)13-16/h3-8,13-15H,9-12H2,1-2H3,(H,26,27,30). The molecular weight excluding hydrogens is 434 g/mol. The van der Waals surface area contributed by atoms with E-state index in [1.807, 2.05) is 31.2 Å². The summed E-state index contributed by atoms with van der Waals surface area (Å²) in [5.41, 5.74) is 2.09. The minimum Gasteiger partial charge on any atom is -0.497 e. The van der Waals surface area contributed by atoms with Crippen molar-refractivity contribution in [3.05, 3.63) is 59.5 Å². The fourth-order valence-corrected chi connectivity index (χ4v) is 4.38. The van der Waals surface area contributed by atoms with Crippen molar-refractivity contribution >= 4 is 28.1 Å². The smallest absolute Gasteiger partial charge is 0.243 e. The van der Waals surface area contributed by atoms with Gasteiger partial charge in [-0.2, -0.15) is 0 Å². The lowest BCUT2D eigenvalue weighted by molar-refractivity contribution is -0.120. The Morgan fingerprint density at radius 2 is 1.81 bits per heavy atom. The van der Waals surface area contributed by atoms with Crippen LogP contribution in [0.2, 0.25) is 0 Å². The highest BCUT2D eigenvalue weighted by Gasteiger charge is 2.26. The van der Waals surface area contributed by atoms with Gasteiger partial charge in [0.2, 0.25) is 5.91 Å². The minimum atomic E-state index is -0.927. The highest BCUT2D eigenvalue weighted by molar-refractivity contribution is 7.14. The van der Waals surface area contributed by atoms with Crippen LogP contribution in [0.15, 0.2) is 47.8 Å². The number of rotatable bonds is 6.